The van der Waals surface area contributed by atoms with Gasteiger partial charge in [-0.25, -0.2) is 9.18 Å². The number of hydrogen-bond acceptors (Lipinski definition) is 2. The van der Waals surface area contributed by atoms with Crippen LogP contribution in [-0.4, -0.2) is 39.2 Å². The summed E-state index contributed by atoms with van der Waals surface area (Å²) in [7, 11) is 0. The van der Waals surface area contributed by atoms with E-state index in [9.17, 15) is 9.18 Å². The van der Waals surface area contributed by atoms with Crippen molar-refractivity contribution < 1.29 is 14.3 Å². The van der Waals surface area contributed by atoms with Gasteiger partial charge >= 0.3 is 6.09 Å². The topological polar surface area (TPSA) is 69.2 Å². The molecular weight excluding hydrogens is 249 g/mol. The molecule has 0 aromatic carbocycles. The molecular formula is C13H12FN3O2. The van der Waals surface area contributed by atoms with E-state index in [1.807, 2.05) is 6.08 Å². The molecule has 0 saturated heterocycles. The first kappa shape index (κ1) is 11.7. The third kappa shape index (κ3) is 1.95. The number of nitrogens with zero attached hydrogens (tertiary/aromatic N) is 2. The van der Waals surface area contributed by atoms with Gasteiger partial charge in [-0.15, -0.1) is 0 Å². The van der Waals surface area contributed by atoms with E-state index in [4.69, 9.17) is 5.11 Å². The molecule has 6 heteroatoms. The summed E-state index contributed by atoms with van der Waals surface area (Å²) in [6.07, 6.45) is 4.37. The Bertz CT molecular complexity index is 678. The number of carboxylic acid groups (broad SMARTS) is 1. The van der Waals surface area contributed by atoms with Crippen molar-refractivity contribution in [1.82, 2.24) is 14.9 Å². The number of aromatic amines is 1. The van der Waals surface area contributed by atoms with Gasteiger partial charge in [-0.2, -0.15) is 0 Å². The Hall–Kier alpha value is -2.37. The van der Waals surface area contributed by atoms with Crippen molar-refractivity contribution >= 4 is 22.6 Å². The van der Waals surface area contributed by atoms with E-state index in [1.54, 1.807) is 12.3 Å². The molecule has 3 heterocycles. The van der Waals surface area contributed by atoms with Gasteiger partial charge in [-0.3, -0.25) is 4.98 Å². The summed E-state index contributed by atoms with van der Waals surface area (Å²) in [5, 5.41) is 9.63. The minimum Gasteiger partial charge on any atom is -0.465 e. The fourth-order valence-corrected chi connectivity index (χ4v) is 2.33. The fourth-order valence-electron chi connectivity index (χ4n) is 2.33. The Balaban J connectivity index is 2.00. The summed E-state index contributed by atoms with van der Waals surface area (Å²) in [4.78, 5) is 19.2. The number of fused-ring (bicyclic) bond motifs is 1. The van der Waals surface area contributed by atoms with Gasteiger partial charge in [0, 0.05) is 24.7 Å². The van der Waals surface area contributed by atoms with Gasteiger partial charge < -0.3 is 15.0 Å². The molecule has 1 amide bonds. The predicted molar refractivity (Wildman–Crippen MR) is 68.2 cm³/mol. The summed E-state index contributed by atoms with van der Waals surface area (Å²) in [5.74, 6) is -0.382. The molecule has 2 aromatic heterocycles. The number of halogens is 1. The maximum absolute atomic E-state index is 13.5. The van der Waals surface area contributed by atoms with Crippen molar-refractivity contribution in [3.8, 4) is 0 Å². The Morgan fingerprint density at radius 1 is 1.53 bits per heavy atom. The minimum absolute atomic E-state index is 0.343. The second-order valence-corrected chi connectivity index (χ2v) is 4.43. The quantitative estimate of drug-likeness (QED) is 0.828. The second kappa shape index (κ2) is 4.38. The summed E-state index contributed by atoms with van der Waals surface area (Å²) in [6, 6.07) is 1.78. The third-order valence-electron chi connectivity index (χ3n) is 3.33. The first-order valence-electron chi connectivity index (χ1n) is 5.95. The summed E-state index contributed by atoms with van der Waals surface area (Å²) < 4.78 is 13.5. The highest BCUT2D eigenvalue weighted by Gasteiger charge is 2.19. The van der Waals surface area contributed by atoms with Crippen molar-refractivity contribution in [3.63, 3.8) is 0 Å². The number of H-pyrrole nitrogens is 1. The molecule has 5 nitrogen and oxygen atoms in total. The van der Waals surface area contributed by atoms with Crippen LogP contribution in [0.4, 0.5) is 9.18 Å². The van der Waals surface area contributed by atoms with Gasteiger partial charge in [0.05, 0.1) is 17.4 Å². The average Bonchev–Trinajstić information content (AvgIpc) is 2.89. The molecule has 19 heavy (non-hydrogen) atoms. The molecule has 2 aromatic rings. The van der Waals surface area contributed by atoms with Crippen LogP contribution in [0, 0.1) is 5.82 Å². The molecule has 0 spiro atoms. The van der Waals surface area contributed by atoms with Crippen LogP contribution < -0.4 is 0 Å². The number of aromatic nitrogens is 2. The molecule has 0 fully saturated rings. The molecule has 3 rings (SSSR count). The van der Waals surface area contributed by atoms with Gasteiger partial charge in [0.1, 0.15) is 0 Å². The van der Waals surface area contributed by atoms with Gasteiger partial charge in [0.15, 0.2) is 5.82 Å². The number of nitrogens with one attached hydrogen (secondary N) is 1. The molecule has 1 aliphatic rings. The van der Waals surface area contributed by atoms with Gasteiger partial charge in [-0.1, -0.05) is 6.08 Å². The zero-order valence-corrected chi connectivity index (χ0v) is 10.1. The molecule has 1 aliphatic heterocycles. The Kier molecular flexibility index (Phi) is 2.70. The van der Waals surface area contributed by atoms with Crippen LogP contribution in [0.2, 0.25) is 0 Å². The number of amides is 1. The van der Waals surface area contributed by atoms with E-state index in [0.29, 0.717) is 25.0 Å². The van der Waals surface area contributed by atoms with Crippen LogP contribution in [0.3, 0.4) is 0 Å². The fraction of sp³-hybridized carbons (Fsp3) is 0.231. The van der Waals surface area contributed by atoms with Crippen LogP contribution >= 0.6 is 0 Å². The standard InChI is InChI=1S/C13H12FN3O2/c14-10-7-16-11(9-1-4-15-12(9)10)8-2-5-17(6-3-8)13(18)19/h1-2,4,7,15H,3,5-6H2,(H,18,19). The van der Waals surface area contributed by atoms with E-state index in [1.165, 1.54) is 11.1 Å². The summed E-state index contributed by atoms with van der Waals surface area (Å²) in [5.41, 5.74) is 2.12. The van der Waals surface area contributed by atoms with E-state index in [-0.39, 0.29) is 5.82 Å². The summed E-state index contributed by atoms with van der Waals surface area (Å²) in [6.45, 7) is 0.780. The van der Waals surface area contributed by atoms with E-state index >= 15 is 0 Å². The van der Waals surface area contributed by atoms with Crippen LogP contribution in [-0.2, 0) is 0 Å². The van der Waals surface area contributed by atoms with Gasteiger partial charge in [0.25, 0.3) is 0 Å². The Morgan fingerprint density at radius 3 is 3.05 bits per heavy atom. The van der Waals surface area contributed by atoms with Crippen molar-refractivity contribution in [2.75, 3.05) is 13.1 Å². The number of hydrogen-bond donors (Lipinski definition) is 2. The number of pyridine rings is 1. The maximum atomic E-state index is 13.5. The molecule has 0 radical (unpaired) electrons. The molecule has 0 saturated carbocycles. The molecule has 0 atom stereocenters. The maximum Gasteiger partial charge on any atom is 0.407 e. The molecule has 0 aliphatic carbocycles. The first-order chi connectivity index (χ1) is 9.16. The van der Waals surface area contributed by atoms with Gasteiger partial charge in [0.2, 0.25) is 0 Å². The van der Waals surface area contributed by atoms with Crippen molar-refractivity contribution in [2.24, 2.45) is 0 Å². The first-order valence-corrected chi connectivity index (χ1v) is 5.95. The molecule has 2 N–H and O–H groups in total. The van der Waals surface area contributed by atoms with E-state index < -0.39 is 6.09 Å². The SMILES string of the molecule is O=C(O)N1CC=C(c2ncc(F)c3[nH]ccc23)CC1. The molecule has 98 valence electrons. The third-order valence-corrected chi connectivity index (χ3v) is 3.33. The van der Waals surface area contributed by atoms with Crippen LogP contribution in [0.25, 0.3) is 16.5 Å². The smallest absolute Gasteiger partial charge is 0.407 e. The van der Waals surface area contributed by atoms with E-state index in [2.05, 4.69) is 9.97 Å². The second-order valence-electron chi connectivity index (χ2n) is 4.43. The number of carbonyl (C=O) groups is 1. The lowest BCUT2D eigenvalue weighted by molar-refractivity contribution is 0.150. The minimum atomic E-state index is -0.922. The highest BCUT2D eigenvalue weighted by atomic mass is 19.1. The van der Waals surface area contributed by atoms with Crippen molar-refractivity contribution in [3.05, 3.63) is 36.0 Å². The Morgan fingerprint density at radius 2 is 2.37 bits per heavy atom. The lowest BCUT2D eigenvalue weighted by atomic mass is 10.0. The Labute approximate surface area is 108 Å². The van der Waals surface area contributed by atoms with Crippen molar-refractivity contribution in [2.45, 2.75) is 6.42 Å². The normalized spacial score (nSPS) is 15.6. The zero-order chi connectivity index (χ0) is 13.4. The summed E-state index contributed by atoms with van der Waals surface area (Å²) >= 11 is 0. The van der Waals surface area contributed by atoms with Crippen molar-refractivity contribution in [1.29, 1.82) is 0 Å². The zero-order valence-electron chi connectivity index (χ0n) is 10.1. The van der Waals surface area contributed by atoms with Crippen LogP contribution in [0.5, 0.6) is 0 Å². The lowest BCUT2D eigenvalue weighted by Gasteiger charge is -2.23. The van der Waals surface area contributed by atoms with Gasteiger partial charge in [-0.05, 0) is 18.1 Å². The molecule has 0 bridgehead atoms. The van der Waals surface area contributed by atoms with Crippen LogP contribution in [0.1, 0.15) is 12.1 Å². The predicted octanol–water partition coefficient (Wildman–Crippen LogP) is 2.47. The van der Waals surface area contributed by atoms with Crippen LogP contribution in [0.15, 0.2) is 24.5 Å². The largest absolute Gasteiger partial charge is 0.465 e. The van der Waals surface area contributed by atoms with E-state index in [0.717, 1.165) is 16.7 Å². The lowest BCUT2D eigenvalue weighted by Crippen LogP contribution is -2.33. The highest BCUT2D eigenvalue weighted by molar-refractivity contribution is 5.91. The monoisotopic (exact) mass is 261 g/mol. The molecule has 0 unspecified atom stereocenters. The average molecular weight is 261 g/mol. The highest BCUT2D eigenvalue weighted by Crippen LogP contribution is 2.28. The number of rotatable bonds is 1.